The molecule has 1 aliphatic carbocycles. The summed E-state index contributed by atoms with van der Waals surface area (Å²) in [5, 5.41) is 7.12. The predicted molar refractivity (Wildman–Crippen MR) is 121 cm³/mol. The third kappa shape index (κ3) is 4.37. The van der Waals surface area contributed by atoms with Gasteiger partial charge in [0.1, 0.15) is 5.82 Å². The van der Waals surface area contributed by atoms with Crippen molar-refractivity contribution in [1.82, 2.24) is 20.4 Å². The van der Waals surface area contributed by atoms with Crippen LogP contribution in [0.15, 0.2) is 57.9 Å². The summed E-state index contributed by atoms with van der Waals surface area (Å²) in [6.07, 6.45) is 3.93. The number of hydrogen-bond acceptors (Lipinski definition) is 6. The molecule has 3 amide bonds. The molecule has 1 aliphatic heterocycles. The van der Waals surface area contributed by atoms with Crippen molar-refractivity contribution < 1.29 is 18.5 Å². The predicted octanol–water partition coefficient (Wildman–Crippen LogP) is 4.60. The molecule has 7 nitrogen and oxygen atoms in total. The van der Waals surface area contributed by atoms with Gasteiger partial charge in [0.25, 0.3) is 0 Å². The summed E-state index contributed by atoms with van der Waals surface area (Å²) in [6, 6.07) is 13.1. The smallest absolute Gasteiger partial charge is 0.324 e. The van der Waals surface area contributed by atoms with Crippen LogP contribution in [0.5, 0.6) is 0 Å². The molecule has 5 rings (SSSR count). The minimum atomic E-state index is -0.425. The van der Waals surface area contributed by atoms with Gasteiger partial charge in [0.15, 0.2) is 0 Å². The molecular formula is C24H23FN4O3S. The number of aromatic nitrogens is 2. The third-order valence-electron chi connectivity index (χ3n) is 6.38. The summed E-state index contributed by atoms with van der Waals surface area (Å²) in [4.78, 5) is 32.7. The lowest BCUT2D eigenvalue weighted by Crippen LogP contribution is -2.60. The molecular weight excluding hydrogens is 443 g/mol. The summed E-state index contributed by atoms with van der Waals surface area (Å²) in [5.41, 5.74) is 1.59. The topological polar surface area (TPSA) is 88.3 Å². The van der Waals surface area contributed by atoms with Crippen molar-refractivity contribution in [2.45, 2.75) is 42.7 Å². The number of carbonyl (C=O) groups excluding carboxylic acids is 2. The van der Waals surface area contributed by atoms with Crippen molar-refractivity contribution >= 4 is 23.7 Å². The van der Waals surface area contributed by atoms with Crippen LogP contribution in [0.4, 0.5) is 9.18 Å². The molecule has 9 heteroatoms. The molecule has 1 aromatic heterocycles. The van der Waals surface area contributed by atoms with E-state index in [9.17, 15) is 14.0 Å². The summed E-state index contributed by atoms with van der Waals surface area (Å²) in [5.74, 6) is 0.219. The number of benzene rings is 2. The molecule has 1 saturated heterocycles. The summed E-state index contributed by atoms with van der Waals surface area (Å²) >= 11 is 1.67. The zero-order valence-corrected chi connectivity index (χ0v) is 18.8. The number of fused-ring (bicyclic) bond motifs is 1. The zero-order chi connectivity index (χ0) is 22.9. The van der Waals surface area contributed by atoms with E-state index in [0.29, 0.717) is 30.1 Å². The zero-order valence-electron chi connectivity index (χ0n) is 18.0. The van der Waals surface area contributed by atoms with Crippen LogP contribution >= 0.6 is 11.8 Å². The molecule has 2 aliphatic rings. The number of thioether (sulfide) groups is 1. The Labute approximate surface area is 194 Å². The maximum absolute atomic E-state index is 13.2. The first-order chi connectivity index (χ1) is 16.0. The normalized spacial score (nSPS) is 22.7. The number of carbonyl (C=O) groups is 2. The van der Waals surface area contributed by atoms with E-state index in [1.165, 1.54) is 17.0 Å². The Morgan fingerprint density at radius 2 is 1.88 bits per heavy atom. The van der Waals surface area contributed by atoms with Crippen LogP contribution in [0.25, 0.3) is 11.4 Å². The Balaban J connectivity index is 1.26. The fourth-order valence-electron chi connectivity index (χ4n) is 4.57. The van der Waals surface area contributed by atoms with Crippen molar-refractivity contribution in [2.24, 2.45) is 5.92 Å². The van der Waals surface area contributed by atoms with Crippen molar-refractivity contribution in [1.29, 1.82) is 0 Å². The quantitative estimate of drug-likeness (QED) is 0.553. The van der Waals surface area contributed by atoms with Gasteiger partial charge in [-0.3, -0.25) is 9.69 Å². The first kappa shape index (κ1) is 21.6. The van der Waals surface area contributed by atoms with E-state index in [1.807, 2.05) is 30.5 Å². The maximum Gasteiger partial charge on any atom is 0.324 e. The van der Waals surface area contributed by atoms with Crippen molar-refractivity contribution in [3.8, 4) is 11.4 Å². The van der Waals surface area contributed by atoms with Gasteiger partial charge >= 0.3 is 6.03 Å². The highest BCUT2D eigenvalue weighted by Crippen LogP contribution is 2.38. The van der Waals surface area contributed by atoms with Crippen LogP contribution in [-0.4, -0.2) is 39.3 Å². The van der Waals surface area contributed by atoms with E-state index in [4.69, 9.17) is 4.52 Å². The molecule has 3 unspecified atom stereocenters. The summed E-state index contributed by atoms with van der Waals surface area (Å²) in [6.45, 7) is 0.125. The highest BCUT2D eigenvalue weighted by atomic mass is 32.2. The van der Waals surface area contributed by atoms with Crippen LogP contribution in [0, 0.1) is 11.7 Å². The number of amides is 3. The molecule has 2 aromatic carbocycles. The van der Waals surface area contributed by atoms with Gasteiger partial charge in [-0.1, -0.05) is 17.3 Å². The van der Waals surface area contributed by atoms with Gasteiger partial charge in [-0.2, -0.15) is 4.98 Å². The number of urea groups is 1. The Hall–Kier alpha value is -3.20. The maximum atomic E-state index is 13.2. The van der Waals surface area contributed by atoms with Crippen LogP contribution in [0.3, 0.4) is 0 Å². The molecule has 170 valence electrons. The number of nitrogens with one attached hydrogen (secondary N) is 1. The molecule has 0 spiro atoms. The number of hydrogen-bond donors (Lipinski definition) is 1. The number of nitrogens with zero attached hydrogens (tertiary/aromatic N) is 3. The van der Waals surface area contributed by atoms with Gasteiger partial charge in [-0.25, -0.2) is 9.18 Å². The lowest BCUT2D eigenvalue weighted by molar-refractivity contribution is -0.137. The van der Waals surface area contributed by atoms with Crippen LogP contribution < -0.4 is 5.32 Å². The molecule has 2 fully saturated rings. The Morgan fingerprint density at radius 1 is 1.12 bits per heavy atom. The molecule has 1 N–H and O–H groups in total. The lowest BCUT2D eigenvalue weighted by Gasteiger charge is -2.41. The van der Waals surface area contributed by atoms with E-state index < -0.39 is 6.03 Å². The van der Waals surface area contributed by atoms with Gasteiger partial charge in [0.2, 0.25) is 17.6 Å². The van der Waals surface area contributed by atoms with Crippen molar-refractivity contribution in [2.75, 3.05) is 6.26 Å². The monoisotopic (exact) mass is 466 g/mol. The average Bonchev–Trinajstić information content (AvgIpc) is 3.33. The van der Waals surface area contributed by atoms with Gasteiger partial charge in [0, 0.05) is 22.4 Å². The second kappa shape index (κ2) is 8.97. The third-order valence-corrected chi connectivity index (χ3v) is 7.12. The largest absolute Gasteiger partial charge is 0.339 e. The van der Waals surface area contributed by atoms with E-state index in [-0.39, 0.29) is 36.1 Å². The van der Waals surface area contributed by atoms with E-state index in [1.54, 1.807) is 23.9 Å². The second-order valence-corrected chi connectivity index (χ2v) is 9.29. The Bertz CT molecular complexity index is 1170. The second-order valence-electron chi connectivity index (χ2n) is 8.41. The molecule has 3 aromatic rings. The highest BCUT2D eigenvalue weighted by molar-refractivity contribution is 7.98. The summed E-state index contributed by atoms with van der Waals surface area (Å²) in [7, 11) is 0. The first-order valence-corrected chi connectivity index (χ1v) is 12.1. The molecule has 1 saturated carbocycles. The SMILES string of the molecule is CSc1ccc(-c2noc(C3CCC4C(=O)N(Cc5ccc(F)cc5)C(=O)NC4C3)n2)cc1. The lowest BCUT2D eigenvalue weighted by atomic mass is 9.76. The van der Waals surface area contributed by atoms with Crippen LogP contribution in [-0.2, 0) is 11.3 Å². The van der Waals surface area contributed by atoms with Crippen LogP contribution in [0.1, 0.15) is 36.6 Å². The number of rotatable bonds is 5. The number of imide groups is 1. The minimum absolute atomic E-state index is 0.0188. The fraction of sp³-hybridized carbons (Fsp3) is 0.333. The van der Waals surface area contributed by atoms with Gasteiger partial charge in [-0.15, -0.1) is 11.8 Å². The van der Waals surface area contributed by atoms with Crippen molar-refractivity contribution in [3.63, 3.8) is 0 Å². The molecule has 3 atom stereocenters. The fourth-order valence-corrected chi connectivity index (χ4v) is 4.98. The standard InChI is InChI=1S/C24H23FN4O3S/c1-33-18-9-4-15(5-10-18)21-27-22(32-28-21)16-6-11-19-20(12-16)26-24(31)29(23(19)30)13-14-2-7-17(25)8-3-14/h2-5,7-10,16,19-20H,6,11-13H2,1H3,(H,26,31). The van der Waals surface area contributed by atoms with E-state index in [2.05, 4.69) is 15.5 Å². The first-order valence-electron chi connectivity index (χ1n) is 10.9. The van der Waals surface area contributed by atoms with Crippen molar-refractivity contribution in [3.05, 3.63) is 65.8 Å². The van der Waals surface area contributed by atoms with E-state index in [0.717, 1.165) is 16.9 Å². The van der Waals surface area contributed by atoms with Gasteiger partial charge in [0.05, 0.1) is 12.5 Å². The minimum Gasteiger partial charge on any atom is -0.339 e. The highest BCUT2D eigenvalue weighted by Gasteiger charge is 2.45. The Kier molecular flexibility index (Phi) is 5.88. The molecule has 33 heavy (non-hydrogen) atoms. The van der Waals surface area contributed by atoms with E-state index >= 15 is 0 Å². The molecule has 0 bridgehead atoms. The molecule has 0 radical (unpaired) electrons. The van der Waals surface area contributed by atoms with Crippen LogP contribution in [0.2, 0.25) is 0 Å². The van der Waals surface area contributed by atoms with Gasteiger partial charge in [-0.05, 0) is 67.5 Å². The average molecular weight is 467 g/mol. The Morgan fingerprint density at radius 3 is 2.61 bits per heavy atom. The van der Waals surface area contributed by atoms with Gasteiger partial charge < -0.3 is 9.84 Å². The molecule has 2 heterocycles. The summed E-state index contributed by atoms with van der Waals surface area (Å²) < 4.78 is 18.7. The number of halogens is 1.